The van der Waals surface area contributed by atoms with Crippen LogP contribution in [0.25, 0.3) is 0 Å². The number of hydrogen-bond acceptors (Lipinski definition) is 3. The molecule has 0 spiro atoms. The Morgan fingerprint density at radius 3 is 2.52 bits per heavy atom. The molecule has 2 N–H and O–H groups in total. The van der Waals surface area contributed by atoms with E-state index in [0.717, 1.165) is 0 Å². The van der Waals surface area contributed by atoms with Gasteiger partial charge in [0.2, 0.25) is 0 Å². The van der Waals surface area contributed by atoms with Crippen LogP contribution in [0, 0.1) is 5.92 Å². The van der Waals surface area contributed by atoms with Crippen LogP contribution in [0.3, 0.4) is 0 Å². The SMILES string of the molecule is COc1cc(Cl)c(Cl)cc1C(=O)N[C@@H]1CC[C@H](C(=O)O)C1. The Balaban J connectivity index is 2.11. The summed E-state index contributed by atoms with van der Waals surface area (Å²) in [4.78, 5) is 23.2. The summed E-state index contributed by atoms with van der Waals surface area (Å²) in [7, 11) is 1.44. The Morgan fingerprint density at radius 2 is 1.95 bits per heavy atom. The monoisotopic (exact) mass is 331 g/mol. The Bertz CT molecular complexity index is 576. The van der Waals surface area contributed by atoms with E-state index in [1.54, 1.807) is 0 Å². The molecule has 1 saturated carbocycles. The van der Waals surface area contributed by atoms with E-state index < -0.39 is 11.9 Å². The Labute approximate surface area is 132 Å². The van der Waals surface area contributed by atoms with Crippen molar-refractivity contribution >= 4 is 35.1 Å². The molecule has 0 heterocycles. The van der Waals surface area contributed by atoms with Crippen molar-refractivity contribution < 1.29 is 19.4 Å². The van der Waals surface area contributed by atoms with Crippen LogP contribution in [0.4, 0.5) is 0 Å². The van der Waals surface area contributed by atoms with Crippen molar-refractivity contribution in [3.8, 4) is 5.75 Å². The number of benzene rings is 1. The molecule has 1 aliphatic carbocycles. The fraction of sp³-hybridized carbons (Fsp3) is 0.429. The molecule has 0 unspecified atom stereocenters. The van der Waals surface area contributed by atoms with Gasteiger partial charge in [0.1, 0.15) is 5.75 Å². The molecule has 1 aliphatic rings. The molecule has 1 fully saturated rings. The maximum absolute atomic E-state index is 12.3. The fourth-order valence-corrected chi connectivity index (χ4v) is 2.79. The first kappa shape index (κ1) is 15.9. The van der Waals surface area contributed by atoms with Gasteiger partial charge in [-0.2, -0.15) is 0 Å². The van der Waals surface area contributed by atoms with E-state index >= 15 is 0 Å². The number of carbonyl (C=O) groups excluding carboxylic acids is 1. The highest BCUT2D eigenvalue weighted by Gasteiger charge is 2.31. The molecular weight excluding hydrogens is 317 g/mol. The molecule has 0 radical (unpaired) electrons. The lowest BCUT2D eigenvalue weighted by Crippen LogP contribution is -2.33. The Hall–Kier alpha value is -1.46. The average Bonchev–Trinajstić information content (AvgIpc) is 2.89. The number of rotatable bonds is 4. The summed E-state index contributed by atoms with van der Waals surface area (Å²) in [5, 5.41) is 12.3. The zero-order valence-corrected chi connectivity index (χ0v) is 12.9. The van der Waals surface area contributed by atoms with Crippen LogP contribution in [0.1, 0.15) is 29.6 Å². The van der Waals surface area contributed by atoms with Crippen molar-refractivity contribution in [1.29, 1.82) is 0 Å². The zero-order chi connectivity index (χ0) is 15.6. The predicted octanol–water partition coefficient (Wildman–Crippen LogP) is 2.99. The third-order valence-electron chi connectivity index (χ3n) is 3.60. The highest BCUT2D eigenvalue weighted by molar-refractivity contribution is 6.42. The third-order valence-corrected chi connectivity index (χ3v) is 4.33. The largest absolute Gasteiger partial charge is 0.496 e. The minimum absolute atomic E-state index is 0.155. The Morgan fingerprint density at radius 1 is 1.29 bits per heavy atom. The van der Waals surface area contributed by atoms with Crippen molar-refractivity contribution in [2.75, 3.05) is 7.11 Å². The highest BCUT2D eigenvalue weighted by Crippen LogP contribution is 2.31. The number of hydrogen-bond donors (Lipinski definition) is 2. The van der Waals surface area contributed by atoms with Crippen molar-refractivity contribution in [2.45, 2.75) is 25.3 Å². The van der Waals surface area contributed by atoms with E-state index in [1.807, 2.05) is 0 Å². The van der Waals surface area contributed by atoms with Gasteiger partial charge in [0.05, 0.1) is 28.6 Å². The minimum atomic E-state index is -0.820. The van der Waals surface area contributed by atoms with E-state index in [9.17, 15) is 9.59 Å². The highest BCUT2D eigenvalue weighted by atomic mass is 35.5. The van der Waals surface area contributed by atoms with Crippen molar-refractivity contribution in [3.05, 3.63) is 27.7 Å². The first-order valence-corrected chi connectivity index (χ1v) is 7.24. The molecule has 0 saturated heterocycles. The normalized spacial score (nSPS) is 21.1. The van der Waals surface area contributed by atoms with Crippen LogP contribution in [-0.2, 0) is 4.79 Å². The van der Waals surface area contributed by atoms with Crippen molar-refractivity contribution in [2.24, 2.45) is 5.92 Å². The van der Waals surface area contributed by atoms with Gasteiger partial charge in [-0.05, 0) is 25.3 Å². The average molecular weight is 332 g/mol. The van der Waals surface area contributed by atoms with Crippen LogP contribution in [0.2, 0.25) is 10.0 Å². The number of ether oxygens (including phenoxy) is 1. The molecule has 0 aromatic heterocycles. The minimum Gasteiger partial charge on any atom is -0.496 e. The number of carboxylic acids is 1. The van der Waals surface area contributed by atoms with Gasteiger partial charge in [0.25, 0.3) is 5.91 Å². The smallest absolute Gasteiger partial charge is 0.306 e. The number of carbonyl (C=O) groups is 2. The van der Waals surface area contributed by atoms with Crippen LogP contribution < -0.4 is 10.1 Å². The van der Waals surface area contributed by atoms with Crippen LogP contribution >= 0.6 is 23.2 Å². The molecule has 2 rings (SSSR count). The van der Waals surface area contributed by atoms with Crippen LogP contribution in [-0.4, -0.2) is 30.1 Å². The second-order valence-corrected chi connectivity index (χ2v) is 5.80. The third kappa shape index (κ3) is 3.60. The first-order valence-electron chi connectivity index (χ1n) is 6.49. The zero-order valence-electron chi connectivity index (χ0n) is 11.4. The lowest BCUT2D eigenvalue weighted by Gasteiger charge is -2.15. The first-order chi connectivity index (χ1) is 9.92. The van der Waals surface area contributed by atoms with Gasteiger partial charge in [-0.1, -0.05) is 23.2 Å². The maximum atomic E-state index is 12.3. The fourth-order valence-electron chi connectivity index (χ4n) is 2.47. The number of methoxy groups -OCH3 is 1. The van der Waals surface area contributed by atoms with Crippen molar-refractivity contribution in [1.82, 2.24) is 5.32 Å². The van der Waals surface area contributed by atoms with Gasteiger partial charge in [-0.3, -0.25) is 9.59 Å². The summed E-state index contributed by atoms with van der Waals surface area (Å²) in [6.07, 6.45) is 1.65. The van der Waals surface area contributed by atoms with Gasteiger partial charge < -0.3 is 15.2 Å². The molecule has 1 amide bonds. The number of nitrogens with one attached hydrogen (secondary N) is 1. The van der Waals surface area contributed by atoms with E-state index in [2.05, 4.69) is 5.32 Å². The quantitative estimate of drug-likeness (QED) is 0.889. The lowest BCUT2D eigenvalue weighted by molar-refractivity contribution is -0.141. The molecule has 114 valence electrons. The molecule has 0 aliphatic heterocycles. The van der Waals surface area contributed by atoms with E-state index in [-0.39, 0.29) is 22.5 Å². The standard InChI is InChI=1S/C14H15Cl2NO4/c1-21-12-6-11(16)10(15)5-9(12)13(18)17-8-3-2-7(4-8)14(19)20/h5-8H,2-4H2,1H3,(H,17,18)(H,19,20)/t7-,8+/m0/s1. The maximum Gasteiger partial charge on any atom is 0.306 e. The summed E-state index contributed by atoms with van der Waals surface area (Å²) < 4.78 is 5.13. The van der Waals surface area contributed by atoms with Crippen LogP contribution in [0.15, 0.2) is 12.1 Å². The van der Waals surface area contributed by atoms with Gasteiger partial charge in [0, 0.05) is 12.1 Å². The molecule has 5 nitrogen and oxygen atoms in total. The number of amides is 1. The molecule has 7 heteroatoms. The van der Waals surface area contributed by atoms with E-state index in [1.165, 1.54) is 19.2 Å². The number of carboxylic acid groups (broad SMARTS) is 1. The van der Waals surface area contributed by atoms with Gasteiger partial charge in [0.15, 0.2) is 0 Å². The summed E-state index contributed by atoms with van der Waals surface area (Å²) in [6.45, 7) is 0. The molecule has 1 aromatic rings. The summed E-state index contributed by atoms with van der Waals surface area (Å²) in [5.41, 5.74) is 0.283. The summed E-state index contributed by atoms with van der Waals surface area (Å²) in [5.74, 6) is -1.24. The molecule has 21 heavy (non-hydrogen) atoms. The van der Waals surface area contributed by atoms with E-state index in [0.29, 0.717) is 30.0 Å². The predicted molar refractivity (Wildman–Crippen MR) is 79.2 cm³/mol. The number of halogens is 2. The summed E-state index contributed by atoms with van der Waals surface area (Å²) >= 11 is 11.8. The number of aliphatic carboxylic acids is 1. The topological polar surface area (TPSA) is 75.6 Å². The van der Waals surface area contributed by atoms with E-state index in [4.69, 9.17) is 33.0 Å². The van der Waals surface area contributed by atoms with Crippen LogP contribution in [0.5, 0.6) is 5.75 Å². The second-order valence-electron chi connectivity index (χ2n) is 4.99. The lowest BCUT2D eigenvalue weighted by atomic mass is 10.1. The molecular formula is C14H15Cl2NO4. The summed E-state index contributed by atoms with van der Waals surface area (Å²) in [6, 6.07) is 2.77. The molecule has 2 atom stereocenters. The second kappa shape index (κ2) is 6.54. The molecule has 1 aromatic carbocycles. The Kier molecular flexibility index (Phi) is 4.96. The van der Waals surface area contributed by atoms with Crippen molar-refractivity contribution in [3.63, 3.8) is 0 Å². The van der Waals surface area contributed by atoms with Gasteiger partial charge in [-0.15, -0.1) is 0 Å². The van der Waals surface area contributed by atoms with Gasteiger partial charge >= 0.3 is 5.97 Å². The molecule has 0 bridgehead atoms. The van der Waals surface area contributed by atoms with Gasteiger partial charge in [-0.25, -0.2) is 0 Å².